The van der Waals surface area contributed by atoms with E-state index in [0.29, 0.717) is 6.04 Å². The van der Waals surface area contributed by atoms with Crippen LogP contribution in [0.1, 0.15) is 39.5 Å². The minimum Gasteiger partial charge on any atom is -0.362 e. The fourth-order valence-corrected chi connectivity index (χ4v) is 5.76. The highest BCUT2D eigenvalue weighted by Crippen LogP contribution is 2.37. The van der Waals surface area contributed by atoms with Crippen molar-refractivity contribution < 1.29 is 0 Å². The van der Waals surface area contributed by atoms with Crippen LogP contribution in [-0.4, -0.2) is 45.7 Å². The van der Waals surface area contributed by atoms with Crippen LogP contribution in [0.4, 0.5) is 0 Å². The summed E-state index contributed by atoms with van der Waals surface area (Å²) in [6, 6.07) is 0.670. The summed E-state index contributed by atoms with van der Waals surface area (Å²) in [5, 5.41) is 8.27. The summed E-state index contributed by atoms with van der Waals surface area (Å²) < 4.78 is 0. The van der Waals surface area contributed by atoms with Crippen LogP contribution in [-0.2, 0) is 0 Å². The summed E-state index contributed by atoms with van der Waals surface area (Å²) >= 11 is 3.63. The first-order valence-corrected chi connectivity index (χ1v) is 10.1. The van der Waals surface area contributed by atoms with Crippen molar-refractivity contribution in [2.45, 2.75) is 51.1 Å². The molecule has 4 nitrogen and oxygen atoms in total. The first kappa shape index (κ1) is 14.9. The highest BCUT2D eigenvalue weighted by Gasteiger charge is 2.36. The predicted molar refractivity (Wildman–Crippen MR) is 97.5 cm³/mol. The summed E-state index contributed by atoms with van der Waals surface area (Å²) in [7, 11) is 0. The third-order valence-electron chi connectivity index (χ3n) is 4.87. The van der Waals surface area contributed by atoms with Crippen LogP contribution in [0.3, 0.4) is 0 Å². The van der Waals surface area contributed by atoms with E-state index >= 15 is 0 Å². The molecule has 1 saturated carbocycles. The Kier molecular flexibility index (Phi) is 3.93. The van der Waals surface area contributed by atoms with Gasteiger partial charge in [-0.3, -0.25) is 9.98 Å². The van der Waals surface area contributed by atoms with E-state index in [1.54, 1.807) is 11.8 Å². The minimum atomic E-state index is 0.0580. The molecule has 3 heterocycles. The number of nitrogens with zero attached hydrogens (tertiary/aromatic N) is 3. The maximum Gasteiger partial charge on any atom is 0.168 e. The molecule has 0 radical (unpaired) electrons. The Labute approximate surface area is 141 Å². The Balaban J connectivity index is 1.34. The fourth-order valence-electron chi connectivity index (χ4n) is 3.67. The van der Waals surface area contributed by atoms with E-state index in [0.717, 1.165) is 29.9 Å². The number of rotatable bonds is 2. The third kappa shape index (κ3) is 2.92. The summed E-state index contributed by atoms with van der Waals surface area (Å²) in [4.78, 5) is 11.9. The second-order valence-electron chi connectivity index (χ2n) is 7.25. The number of amidine groups is 2. The van der Waals surface area contributed by atoms with E-state index in [4.69, 9.17) is 9.98 Å². The highest BCUT2D eigenvalue weighted by atomic mass is 32.2. The Morgan fingerprint density at radius 3 is 3.18 bits per heavy atom. The van der Waals surface area contributed by atoms with E-state index in [1.165, 1.54) is 36.5 Å². The summed E-state index contributed by atoms with van der Waals surface area (Å²) in [5.74, 6) is 1.77. The average molecular weight is 337 g/mol. The molecular formula is C16H24N4S2. The van der Waals surface area contributed by atoms with E-state index in [-0.39, 0.29) is 5.54 Å². The smallest absolute Gasteiger partial charge is 0.168 e. The second kappa shape index (κ2) is 5.78. The molecule has 0 bridgehead atoms. The Morgan fingerprint density at radius 1 is 1.41 bits per heavy atom. The van der Waals surface area contributed by atoms with Crippen LogP contribution in [0.25, 0.3) is 0 Å². The van der Waals surface area contributed by atoms with Crippen LogP contribution >= 0.6 is 23.5 Å². The predicted octanol–water partition coefficient (Wildman–Crippen LogP) is 3.28. The average Bonchev–Trinajstić information content (AvgIpc) is 3.00. The van der Waals surface area contributed by atoms with Crippen LogP contribution in [0, 0.1) is 5.92 Å². The maximum absolute atomic E-state index is 4.78. The van der Waals surface area contributed by atoms with E-state index in [9.17, 15) is 0 Å². The van der Waals surface area contributed by atoms with Crippen LogP contribution < -0.4 is 5.32 Å². The van der Waals surface area contributed by atoms with E-state index in [1.807, 2.05) is 11.8 Å². The largest absolute Gasteiger partial charge is 0.362 e. The number of hydrogen-bond donors (Lipinski definition) is 1. The second-order valence-corrected chi connectivity index (χ2v) is 9.05. The van der Waals surface area contributed by atoms with Gasteiger partial charge in [0.2, 0.25) is 0 Å². The van der Waals surface area contributed by atoms with Gasteiger partial charge in [0.15, 0.2) is 10.3 Å². The van der Waals surface area contributed by atoms with Gasteiger partial charge in [0.1, 0.15) is 0 Å². The number of hydrogen-bond acceptors (Lipinski definition) is 6. The van der Waals surface area contributed by atoms with Crippen molar-refractivity contribution in [3.63, 3.8) is 0 Å². The fraction of sp³-hybridized carbons (Fsp3) is 0.750. The van der Waals surface area contributed by atoms with Gasteiger partial charge in [-0.2, -0.15) is 0 Å². The Hall–Kier alpha value is -0.620. The molecular weight excluding hydrogens is 312 g/mol. The number of thioether (sulfide) groups is 2. The monoisotopic (exact) mass is 336 g/mol. The Morgan fingerprint density at radius 2 is 2.27 bits per heavy atom. The molecule has 0 amide bonds. The maximum atomic E-state index is 4.78. The van der Waals surface area contributed by atoms with Crippen molar-refractivity contribution in [1.29, 1.82) is 0 Å². The lowest BCUT2D eigenvalue weighted by Crippen LogP contribution is -2.46. The highest BCUT2D eigenvalue weighted by molar-refractivity contribution is 8.17. The van der Waals surface area contributed by atoms with Crippen molar-refractivity contribution in [3.8, 4) is 0 Å². The van der Waals surface area contributed by atoms with Gasteiger partial charge in [0.25, 0.3) is 0 Å². The lowest BCUT2D eigenvalue weighted by Gasteiger charge is -2.35. The van der Waals surface area contributed by atoms with Gasteiger partial charge < -0.3 is 10.2 Å². The van der Waals surface area contributed by atoms with Crippen molar-refractivity contribution in [3.05, 3.63) is 11.1 Å². The molecule has 2 unspecified atom stereocenters. The first-order valence-electron chi connectivity index (χ1n) is 8.28. The molecule has 1 N–H and O–H groups in total. The molecule has 120 valence electrons. The van der Waals surface area contributed by atoms with E-state index < -0.39 is 0 Å². The van der Waals surface area contributed by atoms with Gasteiger partial charge in [-0.1, -0.05) is 36.4 Å². The van der Waals surface area contributed by atoms with Crippen LogP contribution in [0.2, 0.25) is 0 Å². The molecule has 0 saturated heterocycles. The number of aliphatic imine (C=N–C) groups is 2. The molecule has 22 heavy (non-hydrogen) atoms. The quantitative estimate of drug-likeness (QED) is 0.840. The topological polar surface area (TPSA) is 40.0 Å². The van der Waals surface area contributed by atoms with Gasteiger partial charge in [-0.15, -0.1) is 0 Å². The van der Waals surface area contributed by atoms with E-state index in [2.05, 4.69) is 29.5 Å². The molecule has 6 heteroatoms. The van der Waals surface area contributed by atoms with Gasteiger partial charge in [0.05, 0.1) is 5.54 Å². The minimum absolute atomic E-state index is 0.0580. The zero-order chi connectivity index (χ0) is 15.2. The molecule has 2 atom stereocenters. The van der Waals surface area contributed by atoms with Crippen LogP contribution in [0.15, 0.2) is 21.1 Å². The van der Waals surface area contributed by atoms with Crippen molar-refractivity contribution in [1.82, 2.24) is 10.2 Å². The number of fused-ring (bicyclic) bond motifs is 2. The third-order valence-corrected chi connectivity index (χ3v) is 6.74. The molecule has 0 spiro atoms. The normalized spacial score (nSPS) is 32.6. The molecule has 0 aromatic carbocycles. The van der Waals surface area contributed by atoms with Gasteiger partial charge in [0, 0.05) is 30.6 Å². The summed E-state index contributed by atoms with van der Waals surface area (Å²) in [5.41, 5.74) is 1.44. The Bertz CT molecular complexity index is 552. The first-order chi connectivity index (χ1) is 10.6. The lowest BCUT2D eigenvalue weighted by atomic mass is 9.84. The number of nitrogens with one attached hydrogen (secondary N) is 1. The van der Waals surface area contributed by atoms with Gasteiger partial charge >= 0.3 is 0 Å². The van der Waals surface area contributed by atoms with Crippen molar-refractivity contribution in [2.24, 2.45) is 15.9 Å². The van der Waals surface area contributed by atoms with Crippen molar-refractivity contribution in [2.75, 3.05) is 18.8 Å². The zero-order valence-electron chi connectivity index (χ0n) is 13.3. The van der Waals surface area contributed by atoms with Crippen molar-refractivity contribution >= 4 is 33.9 Å². The molecule has 1 fully saturated rings. The van der Waals surface area contributed by atoms with Gasteiger partial charge in [-0.05, 0) is 38.0 Å². The molecule has 4 aliphatic rings. The molecule has 0 aromatic rings. The summed E-state index contributed by atoms with van der Waals surface area (Å²) in [6.07, 6.45) is 5.43. The van der Waals surface area contributed by atoms with Gasteiger partial charge in [-0.25, -0.2) is 0 Å². The molecule has 3 aliphatic heterocycles. The molecule has 0 aromatic heterocycles. The molecule has 1 aliphatic carbocycles. The molecule has 4 rings (SSSR count). The lowest BCUT2D eigenvalue weighted by molar-refractivity contribution is 0.285. The standard InChI is InChI=1S/C16H24N4S2/c1-16(2)10-20-12(9-22-15(20)19-16)8-21-14-17-7-11-5-3-4-6-13(11)18-14/h9,11,13H,3-8,10H2,1-2H3,(H,17,18). The van der Waals surface area contributed by atoms with Crippen LogP contribution in [0.5, 0.6) is 0 Å². The zero-order valence-corrected chi connectivity index (χ0v) is 15.0. The SMILES string of the molecule is CC1(C)CN2C(CSC3=NCC4CCCCC4N3)=CSC2=N1. The summed E-state index contributed by atoms with van der Waals surface area (Å²) in [6.45, 7) is 6.45.